The number of hydrogen-bond acceptors (Lipinski definition) is 7. The molecule has 3 heterocycles. The fraction of sp³-hybridized carbons (Fsp3) is 0.200. The van der Waals surface area contributed by atoms with Gasteiger partial charge in [-0.05, 0) is 35.9 Å². The number of nitrogens with one attached hydrogen (secondary N) is 2. The molecule has 0 spiro atoms. The van der Waals surface area contributed by atoms with Crippen LogP contribution in [0.3, 0.4) is 0 Å². The van der Waals surface area contributed by atoms with Crippen molar-refractivity contribution in [1.82, 2.24) is 20.4 Å². The summed E-state index contributed by atoms with van der Waals surface area (Å²) in [5.41, 5.74) is 2.84. The van der Waals surface area contributed by atoms with E-state index < -0.39 is 9.84 Å². The molecule has 10 nitrogen and oxygen atoms in total. The molecule has 0 saturated heterocycles. The smallest absolute Gasteiger partial charge is 0.322 e. The van der Waals surface area contributed by atoms with Crippen LogP contribution in [-0.2, 0) is 29.5 Å². The van der Waals surface area contributed by atoms with Crippen LogP contribution in [0.1, 0.15) is 27.4 Å². The molecule has 2 N–H and O–H groups in total. The van der Waals surface area contributed by atoms with Crippen molar-refractivity contribution in [2.75, 3.05) is 11.6 Å². The van der Waals surface area contributed by atoms with Gasteiger partial charge in [0.05, 0.1) is 18.8 Å². The van der Waals surface area contributed by atoms with Crippen LogP contribution in [0, 0.1) is 0 Å². The number of benzene rings is 1. The van der Waals surface area contributed by atoms with Crippen LogP contribution in [0.4, 0.5) is 10.5 Å². The van der Waals surface area contributed by atoms with Gasteiger partial charge in [-0.25, -0.2) is 13.2 Å². The number of carbonyl (C=O) groups is 2. The monoisotopic (exact) mass is 441 g/mol. The van der Waals surface area contributed by atoms with Crippen LogP contribution in [-0.4, -0.2) is 41.7 Å². The normalized spacial score (nSPS) is 13.0. The van der Waals surface area contributed by atoms with E-state index in [-0.39, 0.29) is 29.3 Å². The van der Waals surface area contributed by atoms with Gasteiger partial charge in [-0.15, -0.1) is 0 Å². The number of rotatable bonds is 5. The first-order valence-corrected chi connectivity index (χ1v) is 11.2. The average molecular weight is 441 g/mol. The van der Waals surface area contributed by atoms with E-state index in [0.29, 0.717) is 24.3 Å². The first-order chi connectivity index (χ1) is 14.8. The number of hydrogen-bond donors (Lipinski definition) is 2. The Kier molecular flexibility index (Phi) is 5.42. The molecule has 31 heavy (non-hydrogen) atoms. The van der Waals surface area contributed by atoms with Gasteiger partial charge in [0.1, 0.15) is 0 Å². The Hall–Kier alpha value is -3.73. The minimum atomic E-state index is -3.47. The molecule has 0 aliphatic carbocycles. The Morgan fingerprint density at radius 3 is 2.61 bits per heavy atom. The van der Waals surface area contributed by atoms with Crippen LogP contribution in [0.2, 0.25) is 0 Å². The predicted molar refractivity (Wildman–Crippen MR) is 110 cm³/mol. The predicted octanol–water partition coefficient (Wildman–Crippen LogP) is 1.95. The van der Waals surface area contributed by atoms with Gasteiger partial charge in [0, 0.05) is 36.3 Å². The summed E-state index contributed by atoms with van der Waals surface area (Å²) in [7, 11) is -3.47. The lowest BCUT2D eigenvalue weighted by Crippen LogP contribution is -2.30. The van der Waals surface area contributed by atoms with Gasteiger partial charge in [0.2, 0.25) is 0 Å². The van der Waals surface area contributed by atoms with E-state index in [4.69, 9.17) is 4.52 Å². The molecule has 1 aromatic carbocycles. The Morgan fingerprint density at radius 1 is 1.16 bits per heavy atom. The third kappa shape index (κ3) is 4.72. The van der Waals surface area contributed by atoms with Gasteiger partial charge in [-0.2, -0.15) is 0 Å². The number of carbonyl (C=O) groups excluding carboxylic acids is 2. The number of nitrogens with zero attached hydrogens (tertiary/aromatic N) is 3. The second kappa shape index (κ2) is 8.19. The van der Waals surface area contributed by atoms with Crippen molar-refractivity contribution >= 4 is 27.5 Å². The van der Waals surface area contributed by atoms with Gasteiger partial charge >= 0.3 is 6.03 Å². The van der Waals surface area contributed by atoms with Crippen molar-refractivity contribution in [3.05, 3.63) is 71.2 Å². The quantitative estimate of drug-likeness (QED) is 0.618. The largest absolute Gasteiger partial charge is 0.358 e. The van der Waals surface area contributed by atoms with E-state index >= 15 is 0 Å². The Bertz CT molecular complexity index is 1210. The van der Waals surface area contributed by atoms with Crippen LogP contribution >= 0.6 is 0 Å². The molecule has 11 heteroatoms. The van der Waals surface area contributed by atoms with Crippen LogP contribution in [0.25, 0.3) is 0 Å². The van der Waals surface area contributed by atoms with Crippen LogP contribution in [0.15, 0.2) is 58.2 Å². The molecule has 3 aromatic rings. The number of fused-ring (bicyclic) bond motifs is 1. The van der Waals surface area contributed by atoms with E-state index in [1.807, 2.05) is 12.1 Å². The van der Waals surface area contributed by atoms with Crippen molar-refractivity contribution in [2.45, 2.75) is 24.7 Å². The summed E-state index contributed by atoms with van der Waals surface area (Å²) in [5.74, 6) is -0.157. The molecule has 2 aromatic heterocycles. The summed E-state index contributed by atoms with van der Waals surface area (Å²) >= 11 is 0. The third-order valence-corrected chi connectivity index (χ3v) is 5.66. The van der Waals surface area contributed by atoms with Gasteiger partial charge in [0.15, 0.2) is 20.6 Å². The van der Waals surface area contributed by atoms with Gasteiger partial charge in [0.25, 0.3) is 5.91 Å². The minimum absolute atomic E-state index is 0.0105. The highest BCUT2D eigenvalue weighted by atomic mass is 32.2. The first-order valence-electron chi connectivity index (χ1n) is 9.32. The topological polar surface area (TPSA) is 134 Å². The zero-order chi connectivity index (χ0) is 22.0. The average Bonchev–Trinajstić information content (AvgIpc) is 3.39. The Morgan fingerprint density at radius 2 is 1.94 bits per heavy atom. The molecule has 0 saturated carbocycles. The molecule has 1 aliphatic rings. The summed E-state index contributed by atoms with van der Waals surface area (Å²) in [6, 6.07) is 11.2. The number of sulfone groups is 1. The molecule has 160 valence electrons. The highest BCUT2D eigenvalue weighted by molar-refractivity contribution is 7.90. The van der Waals surface area contributed by atoms with E-state index in [2.05, 4.69) is 20.8 Å². The van der Waals surface area contributed by atoms with Crippen LogP contribution in [0.5, 0.6) is 0 Å². The highest BCUT2D eigenvalue weighted by Gasteiger charge is 2.24. The van der Waals surface area contributed by atoms with E-state index in [1.54, 1.807) is 35.4 Å². The van der Waals surface area contributed by atoms with Crippen molar-refractivity contribution in [3.8, 4) is 0 Å². The fourth-order valence-electron chi connectivity index (χ4n) is 3.07. The zero-order valence-corrected chi connectivity index (χ0v) is 17.3. The van der Waals surface area contributed by atoms with Crippen LogP contribution < -0.4 is 10.6 Å². The summed E-state index contributed by atoms with van der Waals surface area (Å²) < 4.78 is 27.7. The molecular formula is C20H19N5O5S. The second-order valence-electron chi connectivity index (χ2n) is 7.06. The molecule has 0 bridgehead atoms. The molecule has 0 atom stereocenters. The lowest BCUT2D eigenvalue weighted by atomic mass is 10.2. The maximum absolute atomic E-state index is 12.5. The van der Waals surface area contributed by atoms with Crippen molar-refractivity contribution < 1.29 is 22.5 Å². The third-order valence-electron chi connectivity index (χ3n) is 4.71. The van der Waals surface area contributed by atoms with Crippen molar-refractivity contribution in [1.29, 1.82) is 0 Å². The lowest BCUT2D eigenvalue weighted by Gasteiger charge is -2.16. The number of anilines is 1. The van der Waals surface area contributed by atoms with E-state index in [0.717, 1.165) is 17.5 Å². The maximum atomic E-state index is 12.5. The second-order valence-corrected chi connectivity index (χ2v) is 9.02. The standard InChI is InChI=1S/C20H19N5O5S/c1-31(28,29)18-9-16(30-24-18)10-22-19(26)13-4-6-15(7-5-13)23-20(27)25-11-14-3-2-8-21-17(14)12-25/h2-9H,10-12H2,1H3,(H,22,26)(H,23,27). The van der Waals surface area contributed by atoms with Crippen molar-refractivity contribution in [2.24, 2.45) is 0 Å². The molecule has 0 unspecified atom stereocenters. The Balaban J connectivity index is 1.31. The fourth-order valence-corrected chi connectivity index (χ4v) is 3.59. The maximum Gasteiger partial charge on any atom is 0.322 e. The first kappa shape index (κ1) is 20.5. The molecule has 3 amide bonds. The molecule has 1 aliphatic heterocycles. The number of urea groups is 1. The lowest BCUT2D eigenvalue weighted by molar-refractivity contribution is 0.0947. The molecule has 0 radical (unpaired) electrons. The van der Waals surface area contributed by atoms with E-state index in [1.165, 1.54) is 6.07 Å². The van der Waals surface area contributed by atoms with Gasteiger partial charge < -0.3 is 20.1 Å². The van der Waals surface area contributed by atoms with E-state index in [9.17, 15) is 18.0 Å². The molecule has 0 fully saturated rings. The molecule has 4 rings (SSSR count). The summed E-state index contributed by atoms with van der Waals surface area (Å²) in [5, 5.41) is 8.71. The Labute approximate surface area is 178 Å². The summed E-state index contributed by atoms with van der Waals surface area (Å²) in [6.45, 7) is 0.937. The van der Waals surface area contributed by atoms with Gasteiger partial charge in [-0.3, -0.25) is 9.78 Å². The summed E-state index contributed by atoms with van der Waals surface area (Å²) in [4.78, 5) is 30.7. The SMILES string of the molecule is CS(=O)(=O)c1cc(CNC(=O)c2ccc(NC(=O)N3Cc4cccnc4C3)cc2)on1. The summed E-state index contributed by atoms with van der Waals surface area (Å²) in [6.07, 6.45) is 2.73. The zero-order valence-electron chi connectivity index (χ0n) is 16.5. The van der Waals surface area contributed by atoms with Gasteiger partial charge in [-0.1, -0.05) is 11.2 Å². The number of amides is 3. The number of pyridine rings is 1. The minimum Gasteiger partial charge on any atom is -0.358 e. The highest BCUT2D eigenvalue weighted by Crippen LogP contribution is 2.21. The number of aromatic nitrogens is 2. The molecular weight excluding hydrogens is 422 g/mol. The van der Waals surface area contributed by atoms with Crippen molar-refractivity contribution in [3.63, 3.8) is 0 Å².